The van der Waals surface area contributed by atoms with Crippen LogP contribution in [0, 0.1) is 17.5 Å². The van der Waals surface area contributed by atoms with Crippen LogP contribution in [0.3, 0.4) is 0 Å². The maximum absolute atomic E-state index is 13.5. The molecule has 2 amide bonds. The summed E-state index contributed by atoms with van der Waals surface area (Å²) in [4.78, 5) is 11.6. The topological polar surface area (TPSA) is 41.1 Å². The molecule has 0 bridgehead atoms. The zero-order valence-corrected chi connectivity index (χ0v) is 11.3. The zero-order valence-electron chi connectivity index (χ0n) is 10.6. The smallest absolute Gasteiger partial charge is 0.319 e. The predicted molar refractivity (Wildman–Crippen MR) is 73.6 cm³/mol. The highest BCUT2D eigenvalue weighted by molar-refractivity contribution is 6.31. The maximum Gasteiger partial charge on any atom is 0.319 e. The van der Waals surface area contributed by atoms with Crippen molar-refractivity contribution < 1.29 is 18.0 Å². The van der Waals surface area contributed by atoms with Crippen molar-refractivity contribution in [3.05, 3.63) is 64.4 Å². The van der Waals surface area contributed by atoms with Crippen molar-refractivity contribution in [1.29, 1.82) is 0 Å². The van der Waals surface area contributed by atoms with Crippen LogP contribution in [0.2, 0.25) is 5.02 Å². The number of hydrogen-bond acceptors (Lipinski definition) is 1. The number of carbonyl (C=O) groups is 1. The number of amides is 2. The van der Waals surface area contributed by atoms with Gasteiger partial charge in [0.05, 0.1) is 5.69 Å². The van der Waals surface area contributed by atoms with Crippen LogP contribution in [0.4, 0.5) is 23.7 Å². The van der Waals surface area contributed by atoms with Crippen molar-refractivity contribution >= 4 is 23.3 Å². The molecule has 0 spiro atoms. The number of halogens is 4. The van der Waals surface area contributed by atoms with Crippen LogP contribution in [0.15, 0.2) is 36.4 Å². The summed E-state index contributed by atoms with van der Waals surface area (Å²) < 4.78 is 39.8. The average Bonchev–Trinajstić information content (AvgIpc) is 2.42. The van der Waals surface area contributed by atoms with Gasteiger partial charge in [0.2, 0.25) is 0 Å². The van der Waals surface area contributed by atoms with E-state index in [0.717, 1.165) is 18.2 Å². The monoisotopic (exact) mass is 314 g/mol. The Labute approximate surface area is 123 Å². The summed E-state index contributed by atoms with van der Waals surface area (Å²) in [5, 5.41) is 4.60. The fraction of sp³-hybridized carbons (Fsp3) is 0.0714. The summed E-state index contributed by atoms with van der Waals surface area (Å²) in [6, 6.07) is 5.96. The van der Waals surface area contributed by atoms with Crippen LogP contribution < -0.4 is 10.6 Å². The van der Waals surface area contributed by atoms with E-state index in [0.29, 0.717) is 0 Å². The number of hydrogen-bond donors (Lipinski definition) is 2. The first-order valence-corrected chi connectivity index (χ1v) is 6.28. The molecule has 110 valence electrons. The first-order chi connectivity index (χ1) is 9.97. The fourth-order valence-corrected chi connectivity index (χ4v) is 1.86. The lowest BCUT2D eigenvalue weighted by Crippen LogP contribution is -2.29. The lowest BCUT2D eigenvalue weighted by atomic mass is 10.2. The first-order valence-electron chi connectivity index (χ1n) is 5.90. The Morgan fingerprint density at radius 2 is 1.86 bits per heavy atom. The highest BCUT2D eigenvalue weighted by Crippen LogP contribution is 2.19. The average molecular weight is 315 g/mol. The number of rotatable bonds is 3. The van der Waals surface area contributed by atoms with Gasteiger partial charge in [0.15, 0.2) is 0 Å². The summed E-state index contributed by atoms with van der Waals surface area (Å²) in [6.45, 7) is -0.186. The van der Waals surface area contributed by atoms with Crippen LogP contribution in [-0.2, 0) is 6.54 Å². The van der Waals surface area contributed by atoms with E-state index in [2.05, 4.69) is 10.6 Å². The second kappa shape index (κ2) is 6.49. The standard InChI is InChI=1S/C14H10ClF3N2O/c15-10-2-1-3-11(17)9(10)7-19-14(21)20-13-6-8(16)4-5-12(13)18/h1-6H,7H2,(H2,19,20,21). The number of nitrogens with one attached hydrogen (secondary N) is 2. The van der Waals surface area contributed by atoms with Gasteiger partial charge < -0.3 is 10.6 Å². The van der Waals surface area contributed by atoms with Gasteiger partial charge in [0.25, 0.3) is 0 Å². The first kappa shape index (κ1) is 15.2. The summed E-state index contributed by atoms with van der Waals surface area (Å²) >= 11 is 5.80. The van der Waals surface area contributed by atoms with E-state index in [9.17, 15) is 18.0 Å². The van der Waals surface area contributed by atoms with Crippen LogP contribution in [0.5, 0.6) is 0 Å². The predicted octanol–water partition coefficient (Wildman–Crippen LogP) is 4.08. The Bertz CT molecular complexity index is 659. The normalized spacial score (nSPS) is 10.3. The SMILES string of the molecule is O=C(NCc1c(F)cccc1Cl)Nc1cc(F)ccc1F. The van der Waals surface area contributed by atoms with Gasteiger partial charge in [-0.2, -0.15) is 0 Å². The fourth-order valence-electron chi connectivity index (χ4n) is 1.63. The lowest BCUT2D eigenvalue weighted by molar-refractivity contribution is 0.251. The second-order valence-corrected chi connectivity index (χ2v) is 4.54. The van der Waals surface area contributed by atoms with E-state index in [1.807, 2.05) is 0 Å². The third kappa shape index (κ3) is 3.88. The molecule has 21 heavy (non-hydrogen) atoms. The Hall–Kier alpha value is -2.21. The third-order valence-electron chi connectivity index (χ3n) is 2.66. The van der Waals surface area contributed by atoms with Gasteiger partial charge in [0.1, 0.15) is 17.5 Å². The van der Waals surface area contributed by atoms with Crippen molar-refractivity contribution in [2.24, 2.45) is 0 Å². The highest BCUT2D eigenvalue weighted by Gasteiger charge is 2.11. The summed E-state index contributed by atoms with van der Waals surface area (Å²) in [5.74, 6) is -2.04. The van der Waals surface area contributed by atoms with Crippen molar-refractivity contribution in [2.45, 2.75) is 6.54 Å². The molecular weight excluding hydrogens is 305 g/mol. The highest BCUT2D eigenvalue weighted by atomic mass is 35.5. The Morgan fingerprint density at radius 1 is 1.10 bits per heavy atom. The minimum Gasteiger partial charge on any atom is -0.334 e. The molecule has 0 unspecified atom stereocenters. The minimum atomic E-state index is -0.807. The number of carbonyl (C=O) groups excluding carboxylic acids is 1. The molecule has 7 heteroatoms. The van der Waals surface area contributed by atoms with Gasteiger partial charge in [-0.1, -0.05) is 17.7 Å². The summed E-state index contributed by atoms with van der Waals surface area (Å²) in [5.41, 5.74) is -0.207. The minimum absolute atomic E-state index is 0.106. The molecule has 0 saturated heterocycles. The maximum atomic E-state index is 13.5. The third-order valence-corrected chi connectivity index (χ3v) is 3.02. The van der Waals surface area contributed by atoms with Crippen molar-refractivity contribution in [1.82, 2.24) is 5.32 Å². The largest absolute Gasteiger partial charge is 0.334 e. The molecule has 0 aliphatic carbocycles. The van der Waals surface area contributed by atoms with Gasteiger partial charge in [-0.3, -0.25) is 0 Å². The Kier molecular flexibility index (Phi) is 4.70. The molecule has 0 atom stereocenters. The number of benzene rings is 2. The Morgan fingerprint density at radius 3 is 2.57 bits per heavy atom. The molecule has 2 aromatic rings. The summed E-state index contributed by atoms with van der Waals surface area (Å²) in [6.07, 6.45) is 0. The Balaban J connectivity index is 2.01. The van der Waals surface area contributed by atoms with Gasteiger partial charge in [-0.15, -0.1) is 0 Å². The zero-order chi connectivity index (χ0) is 15.4. The second-order valence-electron chi connectivity index (χ2n) is 4.13. The molecule has 2 rings (SSSR count). The molecule has 0 aromatic heterocycles. The van der Waals surface area contributed by atoms with Crippen molar-refractivity contribution in [3.8, 4) is 0 Å². The molecule has 2 aromatic carbocycles. The molecule has 0 aliphatic rings. The number of urea groups is 1. The molecule has 0 heterocycles. The molecule has 2 N–H and O–H groups in total. The van der Waals surface area contributed by atoms with E-state index < -0.39 is 23.5 Å². The van der Waals surface area contributed by atoms with Crippen LogP contribution >= 0.6 is 11.6 Å². The summed E-state index contributed by atoms with van der Waals surface area (Å²) in [7, 11) is 0. The van der Waals surface area contributed by atoms with Gasteiger partial charge >= 0.3 is 6.03 Å². The van der Waals surface area contributed by atoms with Crippen LogP contribution in [0.1, 0.15) is 5.56 Å². The number of anilines is 1. The van der Waals surface area contributed by atoms with Gasteiger partial charge in [-0.05, 0) is 24.3 Å². The van der Waals surface area contributed by atoms with Gasteiger partial charge in [0, 0.05) is 23.2 Å². The quantitative estimate of drug-likeness (QED) is 0.880. The molecule has 0 radical (unpaired) electrons. The van der Waals surface area contributed by atoms with E-state index in [1.54, 1.807) is 0 Å². The van der Waals surface area contributed by atoms with Crippen molar-refractivity contribution in [2.75, 3.05) is 5.32 Å². The molecule has 0 fully saturated rings. The lowest BCUT2D eigenvalue weighted by Gasteiger charge is -2.10. The van der Waals surface area contributed by atoms with Crippen molar-refractivity contribution in [3.63, 3.8) is 0 Å². The molecular formula is C14H10ClF3N2O. The van der Waals surface area contributed by atoms with E-state index in [4.69, 9.17) is 11.6 Å². The van der Waals surface area contributed by atoms with Crippen LogP contribution in [-0.4, -0.2) is 6.03 Å². The molecule has 0 saturated carbocycles. The molecule has 3 nitrogen and oxygen atoms in total. The van der Waals surface area contributed by atoms with Crippen LogP contribution in [0.25, 0.3) is 0 Å². The van der Waals surface area contributed by atoms with Gasteiger partial charge in [-0.25, -0.2) is 18.0 Å². The van der Waals surface area contributed by atoms with E-state index >= 15 is 0 Å². The molecule has 0 aliphatic heterocycles. The van der Waals surface area contributed by atoms with E-state index in [-0.39, 0.29) is 22.8 Å². The van der Waals surface area contributed by atoms with E-state index in [1.165, 1.54) is 18.2 Å².